The quantitative estimate of drug-likeness (QED) is 0.273. The summed E-state index contributed by atoms with van der Waals surface area (Å²) >= 11 is 0. The number of carbonyl (C=O) groups is 1. The third kappa shape index (κ3) is 5.41. The number of aromatic nitrogens is 3. The molecule has 1 aromatic heterocycles. The number of aryl methyl sites for hydroxylation is 1. The second-order valence-corrected chi connectivity index (χ2v) is 8.82. The molecule has 0 aliphatic rings. The lowest BCUT2D eigenvalue weighted by atomic mass is 10.1. The highest BCUT2D eigenvalue weighted by atomic mass is 16.2. The molecule has 0 aliphatic heterocycles. The molecule has 1 amide bonds. The Balaban J connectivity index is 1.51. The first-order valence-electron chi connectivity index (χ1n) is 12.1. The van der Waals surface area contributed by atoms with Gasteiger partial charge in [0.05, 0.1) is 5.69 Å². The highest BCUT2D eigenvalue weighted by Gasteiger charge is 2.24. The Morgan fingerprint density at radius 1 is 0.778 bits per heavy atom. The van der Waals surface area contributed by atoms with Crippen LogP contribution < -0.4 is 0 Å². The second-order valence-electron chi connectivity index (χ2n) is 8.82. The maximum absolute atomic E-state index is 13.9. The lowest BCUT2D eigenvalue weighted by Gasteiger charge is -2.21. The van der Waals surface area contributed by atoms with Gasteiger partial charge in [0.25, 0.3) is 5.91 Å². The van der Waals surface area contributed by atoms with E-state index in [2.05, 4.69) is 12.1 Å². The van der Waals surface area contributed by atoms with E-state index in [0.717, 1.165) is 28.8 Å². The van der Waals surface area contributed by atoms with Crippen LogP contribution in [0.15, 0.2) is 115 Å². The molecule has 5 aromatic rings. The Morgan fingerprint density at radius 2 is 1.42 bits per heavy atom. The molecule has 0 spiro atoms. The van der Waals surface area contributed by atoms with Crippen LogP contribution in [0.25, 0.3) is 17.1 Å². The normalized spacial score (nSPS) is 10.8. The van der Waals surface area contributed by atoms with Crippen molar-refractivity contribution in [2.45, 2.75) is 19.9 Å². The molecule has 5 nitrogen and oxygen atoms in total. The topological polar surface area (TPSA) is 51.0 Å². The van der Waals surface area contributed by atoms with Crippen LogP contribution >= 0.6 is 0 Å². The number of benzene rings is 4. The summed E-state index contributed by atoms with van der Waals surface area (Å²) in [5.41, 5.74) is 5.15. The first-order chi connectivity index (χ1) is 17.7. The Bertz CT molecular complexity index is 1430. The molecular weight excluding hydrogens is 444 g/mol. The number of amides is 1. The van der Waals surface area contributed by atoms with E-state index in [4.69, 9.17) is 10.1 Å². The van der Waals surface area contributed by atoms with Crippen molar-refractivity contribution in [3.63, 3.8) is 0 Å². The predicted octanol–water partition coefficient (Wildman–Crippen LogP) is 6.13. The lowest BCUT2D eigenvalue weighted by Crippen LogP contribution is -2.33. The Labute approximate surface area is 211 Å². The van der Waals surface area contributed by atoms with E-state index in [1.165, 1.54) is 5.56 Å². The molecule has 0 saturated carbocycles. The van der Waals surface area contributed by atoms with Gasteiger partial charge >= 0.3 is 0 Å². The highest BCUT2D eigenvalue weighted by molar-refractivity contribution is 5.91. The van der Waals surface area contributed by atoms with Crippen molar-refractivity contribution in [2.24, 2.45) is 0 Å². The maximum atomic E-state index is 13.9. The highest BCUT2D eigenvalue weighted by Crippen LogP contribution is 2.22. The van der Waals surface area contributed by atoms with Gasteiger partial charge in [0.15, 0.2) is 5.82 Å². The fraction of sp³-hybridized carbons (Fsp3) is 0.129. The summed E-state index contributed by atoms with van der Waals surface area (Å²) in [4.78, 5) is 20.5. The van der Waals surface area contributed by atoms with Crippen LogP contribution in [0.4, 0.5) is 0 Å². The second kappa shape index (κ2) is 10.8. The third-order valence-electron chi connectivity index (χ3n) is 6.09. The third-order valence-corrected chi connectivity index (χ3v) is 6.09. The summed E-state index contributed by atoms with van der Waals surface area (Å²) in [6, 6.07) is 38.2. The molecule has 0 bridgehead atoms. The van der Waals surface area contributed by atoms with Crippen LogP contribution in [-0.2, 0) is 13.0 Å². The van der Waals surface area contributed by atoms with Crippen molar-refractivity contribution in [3.8, 4) is 17.1 Å². The van der Waals surface area contributed by atoms with Gasteiger partial charge in [-0.3, -0.25) is 4.79 Å². The van der Waals surface area contributed by atoms with E-state index in [0.29, 0.717) is 18.9 Å². The summed E-state index contributed by atoms with van der Waals surface area (Å²) in [6.45, 7) is 3.10. The van der Waals surface area contributed by atoms with Crippen LogP contribution in [-0.4, -0.2) is 32.1 Å². The molecule has 0 N–H and O–H groups in total. The van der Waals surface area contributed by atoms with Crippen molar-refractivity contribution >= 4 is 5.91 Å². The van der Waals surface area contributed by atoms with E-state index in [9.17, 15) is 4.79 Å². The summed E-state index contributed by atoms with van der Waals surface area (Å²) in [7, 11) is 0. The molecule has 5 rings (SSSR count). The van der Waals surface area contributed by atoms with E-state index in [1.807, 2.05) is 115 Å². The van der Waals surface area contributed by atoms with Crippen LogP contribution in [0, 0.1) is 6.92 Å². The van der Waals surface area contributed by atoms with Gasteiger partial charge in [-0.05, 0) is 42.2 Å². The van der Waals surface area contributed by atoms with Crippen molar-refractivity contribution in [1.29, 1.82) is 0 Å². The van der Waals surface area contributed by atoms with Crippen LogP contribution in [0.1, 0.15) is 27.3 Å². The molecule has 0 saturated heterocycles. The fourth-order valence-electron chi connectivity index (χ4n) is 4.22. The zero-order valence-corrected chi connectivity index (χ0v) is 20.3. The summed E-state index contributed by atoms with van der Waals surface area (Å²) in [5.74, 6) is 0.657. The van der Waals surface area contributed by atoms with E-state index < -0.39 is 0 Å². The van der Waals surface area contributed by atoms with Crippen molar-refractivity contribution in [1.82, 2.24) is 19.7 Å². The van der Waals surface area contributed by atoms with Crippen molar-refractivity contribution in [2.75, 3.05) is 6.54 Å². The van der Waals surface area contributed by atoms with Gasteiger partial charge in [-0.15, -0.1) is 5.10 Å². The minimum atomic E-state index is -0.182. The summed E-state index contributed by atoms with van der Waals surface area (Å²) in [6.07, 6.45) is 0.754. The number of hydrogen-bond acceptors (Lipinski definition) is 3. The first kappa shape index (κ1) is 23.2. The van der Waals surface area contributed by atoms with Crippen LogP contribution in [0.5, 0.6) is 0 Å². The minimum absolute atomic E-state index is 0.182. The smallest absolute Gasteiger partial charge is 0.293 e. The van der Waals surface area contributed by atoms with Crippen LogP contribution in [0.2, 0.25) is 0 Å². The van der Waals surface area contributed by atoms with Gasteiger partial charge in [0.1, 0.15) is 0 Å². The first-order valence-corrected chi connectivity index (χ1v) is 12.1. The largest absolute Gasteiger partial charge is 0.331 e. The number of nitrogens with zero attached hydrogens (tertiary/aromatic N) is 4. The van der Waals surface area contributed by atoms with Crippen molar-refractivity contribution < 1.29 is 4.79 Å². The Kier molecular flexibility index (Phi) is 6.99. The monoisotopic (exact) mass is 472 g/mol. The molecule has 5 heteroatoms. The lowest BCUT2D eigenvalue weighted by molar-refractivity contribution is 0.0733. The summed E-state index contributed by atoms with van der Waals surface area (Å²) < 4.78 is 1.77. The van der Waals surface area contributed by atoms with Gasteiger partial charge < -0.3 is 4.90 Å². The average Bonchev–Trinajstić information content (AvgIpc) is 3.38. The molecule has 0 fully saturated rings. The molecule has 1 heterocycles. The molecule has 4 aromatic carbocycles. The predicted molar refractivity (Wildman–Crippen MR) is 143 cm³/mol. The van der Waals surface area contributed by atoms with Gasteiger partial charge in [0.2, 0.25) is 5.82 Å². The van der Waals surface area contributed by atoms with E-state index >= 15 is 0 Å². The van der Waals surface area contributed by atoms with Crippen molar-refractivity contribution in [3.05, 3.63) is 138 Å². The van der Waals surface area contributed by atoms with Gasteiger partial charge in [0, 0.05) is 18.7 Å². The van der Waals surface area contributed by atoms with E-state index in [-0.39, 0.29) is 11.7 Å². The van der Waals surface area contributed by atoms with Gasteiger partial charge in [-0.25, -0.2) is 9.67 Å². The Hall–Kier alpha value is -4.51. The SMILES string of the molecule is Cc1cccc(-n2nc(C(=O)N(CCc3ccccc3)Cc3ccccc3)nc2-c2ccccc2)c1. The zero-order chi connectivity index (χ0) is 24.7. The molecule has 0 unspecified atom stereocenters. The minimum Gasteiger partial charge on any atom is -0.331 e. The molecular formula is C31H28N4O. The average molecular weight is 473 g/mol. The number of hydrogen-bond donors (Lipinski definition) is 0. The standard InChI is InChI=1S/C31H28N4O/c1-24-12-11-19-28(22-24)35-30(27-17-9-4-10-18-27)32-29(33-35)31(36)34(23-26-15-7-3-8-16-26)21-20-25-13-5-2-6-14-25/h2-19,22H,20-21,23H2,1H3. The maximum Gasteiger partial charge on any atom is 0.293 e. The molecule has 0 atom stereocenters. The van der Waals surface area contributed by atoms with Gasteiger partial charge in [-0.1, -0.05) is 103 Å². The van der Waals surface area contributed by atoms with E-state index in [1.54, 1.807) is 4.68 Å². The fourth-order valence-corrected chi connectivity index (χ4v) is 4.22. The molecule has 0 radical (unpaired) electrons. The van der Waals surface area contributed by atoms with Crippen LogP contribution in [0.3, 0.4) is 0 Å². The zero-order valence-electron chi connectivity index (χ0n) is 20.3. The number of rotatable bonds is 8. The van der Waals surface area contributed by atoms with Gasteiger partial charge in [-0.2, -0.15) is 0 Å². The molecule has 178 valence electrons. The molecule has 36 heavy (non-hydrogen) atoms. The number of carbonyl (C=O) groups excluding carboxylic acids is 1. The molecule has 0 aliphatic carbocycles. The Morgan fingerprint density at radius 3 is 2.08 bits per heavy atom. The summed E-state index contributed by atoms with van der Waals surface area (Å²) in [5, 5.41) is 4.73.